The molecule has 1 aliphatic rings. The first-order chi connectivity index (χ1) is 10.2. The predicted molar refractivity (Wildman–Crippen MR) is 74.3 cm³/mol. The highest BCUT2D eigenvalue weighted by molar-refractivity contribution is 5.40. The van der Waals surface area contributed by atoms with Gasteiger partial charge in [0.15, 0.2) is 17.6 Å². The molecule has 0 radical (unpaired) electrons. The van der Waals surface area contributed by atoms with Crippen LogP contribution in [0.4, 0.5) is 0 Å². The maximum absolute atomic E-state index is 9.73. The van der Waals surface area contributed by atoms with Gasteiger partial charge in [0.1, 0.15) is 6.61 Å². The zero-order valence-corrected chi connectivity index (χ0v) is 12.0. The molecule has 1 N–H and O–H groups in total. The SMILES string of the molecule is CCC(c1nc(C2COc3ccccc3O2)no1)C(C)O. The smallest absolute Gasteiger partial charge is 0.232 e. The molecule has 1 aliphatic heterocycles. The van der Waals surface area contributed by atoms with Crippen molar-refractivity contribution in [3.8, 4) is 11.5 Å². The van der Waals surface area contributed by atoms with Crippen molar-refractivity contribution < 1.29 is 19.1 Å². The number of fused-ring (bicyclic) bond motifs is 1. The van der Waals surface area contributed by atoms with E-state index in [1.807, 2.05) is 31.2 Å². The lowest BCUT2D eigenvalue weighted by atomic mass is 10.0. The second-order valence-electron chi connectivity index (χ2n) is 5.11. The fraction of sp³-hybridized carbons (Fsp3) is 0.467. The van der Waals surface area contributed by atoms with Crippen LogP contribution in [0.25, 0.3) is 0 Å². The molecule has 6 heteroatoms. The van der Waals surface area contributed by atoms with E-state index in [-0.39, 0.29) is 5.92 Å². The summed E-state index contributed by atoms with van der Waals surface area (Å²) < 4.78 is 16.7. The van der Waals surface area contributed by atoms with Crippen LogP contribution < -0.4 is 9.47 Å². The first-order valence-corrected chi connectivity index (χ1v) is 7.09. The quantitative estimate of drug-likeness (QED) is 0.932. The third-order valence-electron chi connectivity index (χ3n) is 3.59. The lowest BCUT2D eigenvalue weighted by Gasteiger charge is -2.24. The van der Waals surface area contributed by atoms with E-state index in [0.29, 0.717) is 29.8 Å². The van der Waals surface area contributed by atoms with Gasteiger partial charge in [-0.05, 0) is 25.5 Å². The van der Waals surface area contributed by atoms with Crippen LogP contribution in [-0.2, 0) is 0 Å². The van der Waals surface area contributed by atoms with E-state index in [1.54, 1.807) is 6.92 Å². The van der Waals surface area contributed by atoms with Crippen LogP contribution in [0, 0.1) is 0 Å². The standard InChI is InChI=1S/C15H18N2O4/c1-3-10(9(2)18)15-16-14(17-21-15)13-8-19-11-6-4-5-7-12(11)20-13/h4-7,9-10,13,18H,3,8H2,1-2H3. The number of aliphatic hydroxyl groups is 1. The van der Waals surface area contributed by atoms with E-state index >= 15 is 0 Å². The number of benzene rings is 1. The van der Waals surface area contributed by atoms with E-state index in [1.165, 1.54) is 0 Å². The zero-order valence-electron chi connectivity index (χ0n) is 12.0. The Morgan fingerprint density at radius 3 is 2.81 bits per heavy atom. The third-order valence-corrected chi connectivity index (χ3v) is 3.59. The monoisotopic (exact) mass is 290 g/mol. The number of aromatic nitrogens is 2. The van der Waals surface area contributed by atoms with E-state index in [0.717, 1.165) is 6.42 Å². The Kier molecular flexibility index (Phi) is 3.79. The summed E-state index contributed by atoms with van der Waals surface area (Å²) in [5, 5.41) is 13.7. The van der Waals surface area contributed by atoms with Crippen LogP contribution in [0.3, 0.4) is 0 Å². The Morgan fingerprint density at radius 1 is 1.33 bits per heavy atom. The molecule has 3 atom stereocenters. The maximum atomic E-state index is 9.73. The molecular weight excluding hydrogens is 272 g/mol. The minimum Gasteiger partial charge on any atom is -0.485 e. The summed E-state index contributed by atoms with van der Waals surface area (Å²) in [6, 6.07) is 7.47. The maximum Gasteiger partial charge on any atom is 0.232 e. The summed E-state index contributed by atoms with van der Waals surface area (Å²) in [4.78, 5) is 4.36. The number of rotatable bonds is 4. The van der Waals surface area contributed by atoms with Gasteiger partial charge in [-0.2, -0.15) is 4.98 Å². The average molecular weight is 290 g/mol. The number of aliphatic hydroxyl groups excluding tert-OH is 1. The molecule has 0 saturated heterocycles. The Hall–Kier alpha value is -2.08. The summed E-state index contributed by atoms with van der Waals surface area (Å²) in [6.07, 6.45) is -0.207. The van der Waals surface area contributed by atoms with E-state index < -0.39 is 12.2 Å². The molecule has 0 saturated carbocycles. The largest absolute Gasteiger partial charge is 0.485 e. The van der Waals surface area contributed by atoms with E-state index in [2.05, 4.69) is 10.1 Å². The number of hydrogen-bond donors (Lipinski definition) is 1. The molecule has 0 bridgehead atoms. The van der Waals surface area contributed by atoms with Gasteiger partial charge in [0.2, 0.25) is 11.7 Å². The molecule has 0 amide bonds. The van der Waals surface area contributed by atoms with Gasteiger partial charge in [-0.3, -0.25) is 0 Å². The molecule has 0 aliphatic carbocycles. The Labute approximate surface area is 122 Å². The molecule has 1 aromatic carbocycles. The minimum absolute atomic E-state index is 0.164. The van der Waals surface area contributed by atoms with Gasteiger partial charge < -0.3 is 19.1 Å². The molecule has 21 heavy (non-hydrogen) atoms. The third kappa shape index (κ3) is 2.71. The van der Waals surface area contributed by atoms with Crippen molar-refractivity contribution in [3.63, 3.8) is 0 Å². The Bertz CT molecular complexity index is 611. The lowest BCUT2D eigenvalue weighted by molar-refractivity contribution is 0.0832. The van der Waals surface area contributed by atoms with E-state index in [9.17, 15) is 5.11 Å². The Morgan fingerprint density at radius 2 is 2.10 bits per heavy atom. The van der Waals surface area contributed by atoms with Crippen molar-refractivity contribution >= 4 is 0 Å². The molecule has 2 heterocycles. The fourth-order valence-electron chi connectivity index (χ4n) is 2.40. The van der Waals surface area contributed by atoms with Crippen LogP contribution in [0.1, 0.15) is 44.0 Å². The van der Waals surface area contributed by atoms with Crippen molar-refractivity contribution in [2.45, 2.75) is 38.4 Å². The number of ether oxygens (including phenoxy) is 2. The van der Waals surface area contributed by atoms with Crippen molar-refractivity contribution in [1.82, 2.24) is 10.1 Å². The summed E-state index contributed by atoms with van der Waals surface area (Å²) in [6.45, 7) is 4.02. The molecule has 0 spiro atoms. The lowest BCUT2D eigenvalue weighted by Crippen LogP contribution is -2.22. The fourth-order valence-corrected chi connectivity index (χ4v) is 2.40. The van der Waals surface area contributed by atoms with Gasteiger partial charge in [-0.15, -0.1) is 0 Å². The number of nitrogens with zero attached hydrogens (tertiary/aromatic N) is 2. The number of para-hydroxylation sites is 2. The number of hydrogen-bond acceptors (Lipinski definition) is 6. The van der Waals surface area contributed by atoms with Crippen LogP contribution in [0.5, 0.6) is 11.5 Å². The van der Waals surface area contributed by atoms with Crippen LogP contribution in [0.15, 0.2) is 28.8 Å². The first-order valence-electron chi connectivity index (χ1n) is 7.09. The molecule has 6 nitrogen and oxygen atoms in total. The zero-order chi connectivity index (χ0) is 14.8. The van der Waals surface area contributed by atoms with Gasteiger partial charge in [0.25, 0.3) is 0 Å². The van der Waals surface area contributed by atoms with Gasteiger partial charge in [-0.1, -0.05) is 24.2 Å². The van der Waals surface area contributed by atoms with Crippen LogP contribution in [0.2, 0.25) is 0 Å². The average Bonchev–Trinajstić information content (AvgIpc) is 2.96. The summed E-state index contributed by atoms with van der Waals surface area (Å²) in [5.41, 5.74) is 0. The predicted octanol–water partition coefficient (Wildman–Crippen LogP) is 2.46. The first kappa shape index (κ1) is 13.9. The summed E-state index contributed by atoms with van der Waals surface area (Å²) in [5.74, 6) is 2.10. The second kappa shape index (κ2) is 5.73. The van der Waals surface area contributed by atoms with Gasteiger partial charge in [0, 0.05) is 0 Å². The Balaban J connectivity index is 1.79. The topological polar surface area (TPSA) is 77.6 Å². The molecular formula is C15H18N2O4. The normalized spacial score (nSPS) is 20.0. The minimum atomic E-state index is -0.535. The van der Waals surface area contributed by atoms with E-state index in [4.69, 9.17) is 14.0 Å². The molecule has 1 aromatic heterocycles. The van der Waals surface area contributed by atoms with Gasteiger partial charge in [-0.25, -0.2) is 0 Å². The molecule has 3 rings (SSSR count). The second-order valence-corrected chi connectivity index (χ2v) is 5.11. The van der Waals surface area contributed by atoms with Crippen molar-refractivity contribution in [1.29, 1.82) is 0 Å². The highest BCUT2D eigenvalue weighted by atomic mass is 16.6. The van der Waals surface area contributed by atoms with Crippen LogP contribution in [-0.4, -0.2) is 28.0 Å². The summed E-state index contributed by atoms with van der Waals surface area (Å²) in [7, 11) is 0. The highest BCUT2D eigenvalue weighted by Crippen LogP contribution is 2.35. The molecule has 2 aromatic rings. The summed E-state index contributed by atoms with van der Waals surface area (Å²) >= 11 is 0. The van der Waals surface area contributed by atoms with Crippen molar-refractivity contribution in [2.24, 2.45) is 0 Å². The highest BCUT2D eigenvalue weighted by Gasteiger charge is 2.29. The van der Waals surface area contributed by atoms with Crippen molar-refractivity contribution in [3.05, 3.63) is 36.0 Å². The molecule has 3 unspecified atom stereocenters. The van der Waals surface area contributed by atoms with Crippen molar-refractivity contribution in [2.75, 3.05) is 6.61 Å². The van der Waals surface area contributed by atoms with Gasteiger partial charge in [0.05, 0.1) is 12.0 Å². The van der Waals surface area contributed by atoms with Gasteiger partial charge >= 0.3 is 0 Å². The molecule has 0 fully saturated rings. The van der Waals surface area contributed by atoms with Crippen LogP contribution >= 0.6 is 0 Å². The molecule has 112 valence electrons.